The van der Waals surface area contributed by atoms with Crippen LogP contribution in [0, 0.1) is 0 Å². The Balaban J connectivity index is 3.00. The van der Waals surface area contributed by atoms with Crippen molar-refractivity contribution in [3.05, 3.63) is 0 Å². The molecule has 0 bridgehead atoms. The molecule has 16 heavy (non-hydrogen) atoms. The smallest absolute Gasteiger partial charge is 0.275 e. The molecule has 8 heteroatoms. The van der Waals surface area contributed by atoms with Gasteiger partial charge in [0.2, 0.25) is 0 Å². The fourth-order valence-electron chi connectivity index (χ4n) is 2.11. The van der Waals surface area contributed by atoms with E-state index in [2.05, 4.69) is 9.88 Å². The highest BCUT2D eigenvalue weighted by molar-refractivity contribution is 7.87. The second-order valence-corrected chi connectivity index (χ2v) is 5.42. The molecule has 0 aliphatic heterocycles. The summed E-state index contributed by atoms with van der Waals surface area (Å²) in [6, 6.07) is 0. The monoisotopic (exact) mass is 250 g/mol. The van der Waals surface area contributed by atoms with Crippen LogP contribution in [-0.4, -0.2) is 25.0 Å². The minimum atomic E-state index is -3.88. The van der Waals surface area contributed by atoms with Crippen LogP contribution in [0.4, 0.5) is 0 Å². The molecule has 0 aromatic rings. The number of rotatable bonds is 3. The van der Waals surface area contributed by atoms with E-state index < -0.39 is 15.7 Å². The molecule has 1 rings (SSSR count). The highest BCUT2D eigenvalue weighted by Crippen LogP contribution is 2.27. The van der Waals surface area contributed by atoms with Crippen LogP contribution in [0.1, 0.15) is 38.5 Å². The average Bonchev–Trinajstić information content (AvgIpc) is 2.40. The van der Waals surface area contributed by atoms with Crippen molar-refractivity contribution in [1.29, 1.82) is 0 Å². The zero-order chi connectivity index (χ0) is 12.2. The number of oxime groups is 1. The maximum absolute atomic E-state index is 11.1. The molecular weight excluding hydrogens is 232 g/mol. The van der Waals surface area contributed by atoms with Gasteiger partial charge in [0, 0.05) is 0 Å². The van der Waals surface area contributed by atoms with Crippen LogP contribution in [-0.2, 0) is 10.2 Å². The molecule has 0 aromatic heterocycles. The highest BCUT2D eigenvalue weighted by Gasteiger charge is 2.38. The lowest BCUT2D eigenvalue weighted by Crippen LogP contribution is -2.58. The molecule has 7 nitrogen and oxygen atoms in total. The van der Waals surface area contributed by atoms with Crippen molar-refractivity contribution in [2.75, 3.05) is 0 Å². The van der Waals surface area contributed by atoms with E-state index in [1.54, 1.807) is 0 Å². The van der Waals surface area contributed by atoms with Gasteiger partial charge in [-0.05, 0) is 12.8 Å². The first-order chi connectivity index (χ1) is 7.40. The van der Waals surface area contributed by atoms with Gasteiger partial charge in [0.05, 0.1) is 5.54 Å². The molecule has 0 radical (unpaired) electrons. The molecule has 0 atom stereocenters. The summed E-state index contributed by atoms with van der Waals surface area (Å²) in [5.74, 6) is -0.122. The van der Waals surface area contributed by atoms with Gasteiger partial charge in [-0.3, -0.25) is 0 Å². The van der Waals surface area contributed by atoms with Crippen molar-refractivity contribution in [1.82, 2.24) is 4.72 Å². The number of hydrogen-bond donors (Lipinski definition) is 4. The first kappa shape index (κ1) is 13.2. The fourth-order valence-corrected chi connectivity index (χ4v) is 2.96. The van der Waals surface area contributed by atoms with Gasteiger partial charge < -0.3 is 10.9 Å². The number of nitrogens with zero attached hydrogens (tertiary/aromatic N) is 1. The molecule has 0 amide bonds. The minimum absolute atomic E-state index is 0.122. The van der Waals surface area contributed by atoms with Crippen LogP contribution in [0.5, 0.6) is 0 Å². The van der Waals surface area contributed by atoms with Crippen molar-refractivity contribution < 1.29 is 13.6 Å². The van der Waals surface area contributed by atoms with Gasteiger partial charge in [0.25, 0.3) is 10.2 Å². The Labute approximate surface area is 95.1 Å². The van der Waals surface area contributed by atoms with Gasteiger partial charge in [-0.2, -0.15) is 13.1 Å². The van der Waals surface area contributed by atoms with E-state index >= 15 is 0 Å². The molecule has 1 fully saturated rings. The van der Waals surface area contributed by atoms with Crippen LogP contribution < -0.4 is 15.6 Å². The predicted octanol–water partition coefficient (Wildman–Crippen LogP) is -0.381. The van der Waals surface area contributed by atoms with Crippen molar-refractivity contribution in [3.63, 3.8) is 0 Å². The summed E-state index contributed by atoms with van der Waals surface area (Å²) in [5.41, 5.74) is 4.55. The molecule has 0 heterocycles. The standard InChI is InChI=1S/C8H18N4O3S/c9-7(11-13)8(12-16(10,14)15)5-3-1-2-4-6-8/h12-13H,1-6H2,(H2,9,11)(H2,10,14,15). The van der Waals surface area contributed by atoms with Crippen molar-refractivity contribution in [2.24, 2.45) is 16.0 Å². The van der Waals surface area contributed by atoms with Crippen molar-refractivity contribution in [3.8, 4) is 0 Å². The van der Waals surface area contributed by atoms with E-state index in [9.17, 15) is 8.42 Å². The SMILES string of the molecule is NC(=NO)C1(NS(N)(=O)=O)CCCCCC1. The van der Waals surface area contributed by atoms with E-state index in [0.29, 0.717) is 12.8 Å². The molecule has 0 saturated heterocycles. The molecular formula is C8H18N4O3S. The van der Waals surface area contributed by atoms with E-state index in [4.69, 9.17) is 16.1 Å². The van der Waals surface area contributed by atoms with Crippen molar-refractivity contribution in [2.45, 2.75) is 44.1 Å². The molecule has 0 unspecified atom stereocenters. The third kappa shape index (κ3) is 3.32. The van der Waals surface area contributed by atoms with Crippen molar-refractivity contribution >= 4 is 16.0 Å². The van der Waals surface area contributed by atoms with E-state index in [-0.39, 0.29) is 5.84 Å². The normalized spacial score (nSPS) is 22.7. The minimum Gasteiger partial charge on any atom is -0.409 e. The maximum atomic E-state index is 11.1. The molecule has 1 aliphatic carbocycles. The van der Waals surface area contributed by atoms with Gasteiger partial charge in [0.1, 0.15) is 0 Å². The third-order valence-electron chi connectivity index (χ3n) is 2.89. The summed E-state index contributed by atoms with van der Waals surface area (Å²) < 4.78 is 24.5. The summed E-state index contributed by atoms with van der Waals surface area (Å²) in [6.45, 7) is 0. The Morgan fingerprint density at radius 2 is 1.75 bits per heavy atom. The Hall–Kier alpha value is -0.860. The Bertz CT molecular complexity index is 357. The lowest BCUT2D eigenvalue weighted by atomic mass is 9.90. The van der Waals surface area contributed by atoms with Crippen LogP contribution in [0.15, 0.2) is 5.16 Å². The maximum Gasteiger partial charge on any atom is 0.275 e. The zero-order valence-electron chi connectivity index (χ0n) is 9.02. The Morgan fingerprint density at radius 1 is 1.25 bits per heavy atom. The first-order valence-electron chi connectivity index (χ1n) is 5.19. The van der Waals surface area contributed by atoms with Gasteiger partial charge in [-0.25, -0.2) is 5.14 Å². The summed E-state index contributed by atoms with van der Waals surface area (Å²) >= 11 is 0. The second-order valence-electron chi connectivity index (χ2n) is 4.13. The molecule has 0 aromatic carbocycles. The fraction of sp³-hybridized carbons (Fsp3) is 0.875. The third-order valence-corrected chi connectivity index (χ3v) is 3.57. The van der Waals surface area contributed by atoms with E-state index in [1.165, 1.54) is 0 Å². The molecule has 1 saturated carbocycles. The lowest BCUT2D eigenvalue weighted by Gasteiger charge is -2.31. The van der Waals surface area contributed by atoms with E-state index in [0.717, 1.165) is 25.7 Å². The number of nitrogens with one attached hydrogen (secondary N) is 1. The van der Waals surface area contributed by atoms with Gasteiger partial charge in [-0.1, -0.05) is 30.8 Å². The average molecular weight is 250 g/mol. The Morgan fingerprint density at radius 3 is 2.12 bits per heavy atom. The molecule has 0 spiro atoms. The summed E-state index contributed by atoms with van der Waals surface area (Å²) in [7, 11) is -3.88. The summed E-state index contributed by atoms with van der Waals surface area (Å²) in [4.78, 5) is 0. The zero-order valence-corrected chi connectivity index (χ0v) is 9.83. The van der Waals surface area contributed by atoms with Crippen LogP contribution in [0.2, 0.25) is 0 Å². The topological polar surface area (TPSA) is 131 Å². The number of amidine groups is 1. The predicted molar refractivity (Wildman–Crippen MR) is 60.1 cm³/mol. The van der Waals surface area contributed by atoms with Crippen LogP contribution in [0.25, 0.3) is 0 Å². The van der Waals surface area contributed by atoms with Gasteiger partial charge >= 0.3 is 0 Å². The van der Waals surface area contributed by atoms with Gasteiger partial charge in [-0.15, -0.1) is 0 Å². The molecule has 94 valence electrons. The van der Waals surface area contributed by atoms with Crippen LogP contribution in [0.3, 0.4) is 0 Å². The van der Waals surface area contributed by atoms with Gasteiger partial charge in [0.15, 0.2) is 5.84 Å². The quantitative estimate of drug-likeness (QED) is 0.179. The Kier molecular flexibility index (Phi) is 4.11. The summed E-state index contributed by atoms with van der Waals surface area (Å²) in [5, 5.41) is 16.6. The first-order valence-corrected chi connectivity index (χ1v) is 6.74. The number of nitrogens with two attached hydrogens (primary N) is 2. The largest absolute Gasteiger partial charge is 0.409 e. The highest BCUT2D eigenvalue weighted by atomic mass is 32.2. The molecule has 1 aliphatic rings. The number of hydrogen-bond acceptors (Lipinski definition) is 4. The second kappa shape index (κ2) is 4.98. The lowest BCUT2D eigenvalue weighted by molar-refractivity contribution is 0.306. The summed E-state index contributed by atoms with van der Waals surface area (Å²) in [6.07, 6.45) is 4.65. The van der Waals surface area contributed by atoms with E-state index in [1.807, 2.05) is 0 Å². The van der Waals surface area contributed by atoms with Crippen LogP contribution >= 0.6 is 0 Å². The molecule has 6 N–H and O–H groups in total.